The Bertz CT molecular complexity index is 818. The van der Waals surface area contributed by atoms with E-state index in [-0.39, 0.29) is 5.91 Å². The van der Waals surface area contributed by atoms with E-state index < -0.39 is 5.54 Å². The minimum Gasteiger partial charge on any atom is -0.289 e. The SMILES string of the molecule is CSC1=N[C@@](C)(c2cccc(C)c2)C(=O)N1Nc1cccc(C)c1. The first-order chi connectivity index (χ1) is 11.4. The zero-order chi connectivity index (χ0) is 17.3. The average molecular weight is 339 g/mol. The van der Waals surface area contributed by atoms with E-state index in [1.807, 2.05) is 75.6 Å². The molecule has 2 aromatic carbocycles. The Morgan fingerprint density at radius 2 is 1.75 bits per heavy atom. The highest BCUT2D eigenvalue weighted by atomic mass is 32.2. The third kappa shape index (κ3) is 2.91. The van der Waals surface area contributed by atoms with E-state index in [4.69, 9.17) is 4.99 Å². The molecule has 1 N–H and O–H groups in total. The van der Waals surface area contributed by atoms with Gasteiger partial charge in [-0.1, -0.05) is 53.7 Å². The van der Waals surface area contributed by atoms with Crippen LogP contribution in [0.4, 0.5) is 5.69 Å². The highest BCUT2D eigenvalue weighted by Gasteiger charge is 2.46. The molecule has 1 amide bonds. The molecule has 0 bridgehead atoms. The molecule has 4 nitrogen and oxygen atoms in total. The van der Waals surface area contributed by atoms with Crippen molar-refractivity contribution in [1.29, 1.82) is 0 Å². The number of rotatable bonds is 3. The molecule has 0 spiro atoms. The van der Waals surface area contributed by atoms with E-state index in [0.29, 0.717) is 5.17 Å². The number of hydrazine groups is 1. The molecule has 0 saturated carbocycles. The topological polar surface area (TPSA) is 44.7 Å². The molecule has 0 aromatic heterocycles. The van der Waals surface area contributed by atoms with Crippen molar-refractivity contribution in [1.82, 2.24) is 5.01 Å². The third-order valence-electron chi connectivity index (χ3n) is 4.15. The van der Waals surface area contributed by atoms with Crippen LogP contribution in [-0.2, 0) is 10.3 Å². The van der Waals surface area contributed by atoms with Crippen LogP contribution in [0, 0.1) is 13.8 Å². The Kier molecular flexibility index (Phi) is 4.37. The first-order valence-electron chi connectivity index (χ1n) is 7.83. The number of anilines is 1. The molecule has 0 unspecified atom stereocenters. The molecule has 0 aliphatic carbocycles. The number of amidine groups is 1. The lowest BCUT2D eigenvalue weighted by Gasteiger charge is -2.24. The van der Waals surface area contributed by atoms with Gasteiger partial charge in [-0.25, -0.2) is 4.99 Å². The molecule has 5 heteroatoms. The van der Waals surface area contributed by atoms with E-state index in [9.17, 15) is 4.79 Å². The van der Waals surface area contributed by atoms with Gasteiger partial charge in [0.2, 0.25) is 0 Å². The van der Waals surface area contributed by atoms with Crippen LogP contribution in [0.5, 0.6) is 0 Å². The Morgan fingerprint density at radius 3 is 2.38 bits per heavy atom. The van der Waals surface area contributed by atoms with Gasteiger partial charge in [0, 0.05) is 0 Å². The molecule has 24 heavy (non-hydrogen) atoms. The maximum Gasteiger partial charge on any atom is 0.279 e. The summed E-state index contributed by atoms with van der Waals surface area (Å²) in [4.78, 5) is 17.9. The number of carbonyl (C=O) groups is 1. The lowest BCUT2D eigenvalue weighted by atomic mass is 9.91. The summed E-state index contributed by atoms with van der Waals surface area (Å²) in [5.74, 6) is -0.0704. The molecule has 0 radical (unpaired) electrons. The van der Waals surface area contributed by atoms with Gasteiger partial charge >= 0.3 is 0 Å². The van der Waals surface area contributed by atoms with E-state index in [2.05, 4.69) is 5.43 Å². The lowest BCUT2D eigenvalue weighted by Crippen LogP contribution is -2.42. The normalized spacial score (nSPS) is 20.2. The summed E-state index contributed by atoms with van der Waals surface area (Å²) in [5, 5.41) is 2.23. The monoisotopic (exact) mass is 339 g/mol. The van der Waals surface area contributed by atoms with Crippen LogP contribution in [0.15, 0.2) is 53.5 Å². The predicted molar refractivity (Wildman–Crippen MR) is 101 cm³/mol. The number of hydrogen-bond donors (Lipinski definition) is 1. The number of amides is 1. The fourth-order valence-electron chi connectivity index (χ4n) is 2.81. The van der Waals surface area contributed by atoms with Gasteiger partial charge in [-0.2, -0.15) is 5.01 Å². The van der Waals surface area contributed by atoms with Crippen molar-refractivity contribution >= 4 is 28.5 Å². The van der Waals surface area contributed by atoms with Crippen LogP contribution < -0.4 is 5.43 Å². The fourth-order valence-corrected chi connectivity index (χ4v) is 3.39. The summed E-state index contributed by atoms with van der Waals surface area (Å²) in [6.07, 6.45) is 1.93. The second-order valence-corrected chi connectivity index (χ2v) is 6.94. The highest BCUT2D eigenvalue weighted by molar-refractivity contribution is 8.13. The van der Waals surface area contributed by atoms with Crippen molar-refractivity contribution in [3.63, 3.8) is 0 Å². The molecule has 2 aromatic rings. The number of benzene rings is 2. The Hall–Kier alpha value is -2.27. The number of aliphatic imine (C=N–C) groups is 1. The van der Waals surface area contributed by atoms with Gasteiger partial charge in [0.05, 0.1) is 5.69 Å². The molecular weight excluding hydrogens is 318 g/mol. The quantitative estimate of drug-likeness (QED) is 0.915. The van der Waals surface area contributed by atoms with Crippen molar-refractivity contribution < 1.29 is 4.79 Å². The standard InChI is InChI=1S/C19H21N3OS/c1-13-7-5-9-15(11-13)19(3)17(23)22(18(20-19)24-4)21-16-10-6-8-14(2)12-16/h5-12,21H,1-4H3/t19-/m0/s1. The van der Waals surface area contributed by atoms with Crippen LogP contribution in [-0.4, -0.2) is 22.3 Å². The third-order valence-corrected chi connectivity index (χ3v) is 4.79. The first-order valence-corrected chi connectivity index (χ1v) is 9.05. The van der Waals surface area contributed by atoms with Crippen LogP contribution in [0.1, 0.15) is 23.6 Å². The Morgan fingerprint density at radius 1 is 1.08 bits per heavy atom. The van der Waals surface area contributed by atoms with Crippen LogP contribution in [0.2, 0.25) is 0 Å². The molecular formula is C19H21N3OS. The van der Waals surface area contributed by atoms with Crippen molar-refractivity contribution in [3.8, 4) is 0 Å². The van der Waals surface area contributed by atoms with Crippen molar-refractivity contribution in [2.45, 2.75) is 26.3 Å². The minimum absolute atomic E-state index is 0.0704. The summed E-state index contributed by atoms with van der Waals surface area (Å²) in [6.45, 7) is 5.92. The molecule has 0 saturated heterocycles. The number of hydrogen-bond acceptors (Lipinski definition) is 4. The summed E-state index contributed by atoms with van der Waals surface area (Å²) < 4.78 is 0. The van der Waals surface area contributed by atoms with E-state index in [1.54, 1.807) is 5.01 Å². The first kappa shape index (κ1) is 16.6. The van der Waals surface area contributed by atoms with Gasteiger partial charge < -0.3 is 0 Å². The zero-order valence-electron chi connectivity index (χ0n) is 14.3. The highest BCUT2D eigenvalue weighted by Crippen LogP contribution is 2.36. The predicted octanol–water partition coefficient (Wildman–Crippen LogP) is 4.11. The van der Waals surface area contributed by atoms with Gasteiger partial charge in [0.15, 0.2) is 10.7 Å². The smallest absolute Gasteiger partial charge is 0.279 e. The zero-order valence-corrected chi connectivity index (χ0v) is 15.1. The molecule has 1 aliphatic heterocycles. The van der Waals surface area contributed by atoms with E-state index >= 15 is 0 Å². The fraction of sp³-hybridized carbons (Fsp3) is 0.263. The van der Waals surface area contributed by atoms with Crippen molar-refractivity contribution in [3.05, 3.63) is 65.2 Å². The molecule has 0 fully saturated rings. The van der Waals surface area contributed by atoms with E-state index in [1.165, 1.54) is 11.8 Å². The summed E-state index contributed by atoms with van der Waals surface area (Å²) in [7, 11) is 0. The number of aryl methyl sites for hydroxylation is 2. The number of nitrogens with one attached hydrogen (secondary N) is 1. The van der Waals surface area contributed by atoms with Gasteiger partial charge in [-0.15, -0.1) is 0 Å². The number of carbonyl (C=O) groups excluding carboxylic acids is 1. The summed E-state index contributed by atoms with van der Waals surface area (Å²) in [6, 6.07) is 15.9. The number of thioether (sulfide) groups is 1. The Labute approximate surface area is 146 Å². The van der Waals surface area contributed by atoms with Crippen LogP contribution in [0.25, 0.3) is 0 Å². The maximum atomic E-state index is 13.1. The summed E-state index contributed by atoms with van der Waals surface area (Å²) in [5.41, 5.74) is 6.34. The maximum absolute atomic E-state index is 13.1. The van der Waals surface area contributed by atoms with Gasteiger partial charge in [0.1, 0.15) is 0 Å². The molecule has 124 valence electrons. The lowest BCUT2D eigenvalue weighted by molar-refractivity contribution is -0.129. The van der Waals surface area contributed by atoms with Crippen molar-refractivity contribution in [2.75, 3.05) is 11.7 Å². The molecule has 1 atom stereocenters. The molecule has 1 aliphatic rings. The second kappa shape index (κ2) is 6.32. The summed E-state index contributed by atoms with van der Waals surface area (Å²) >= 11 is 1.46. The van der Waals surface area contributed by atoms with Gasteiger partial charge in [-0.05, 0) is 50.3 Å². The van der Waals surface area contributed by atoms with Crippen LogP contribution >= 0.6 is 11.8 Å². The second-order valence-electron chi connectivity index (χ2n) is 6.16. The average Bonchev–Trinajstić information content (AvgIpc) is 2.80. The van der Waals surface area contributed by atoms with Gasteiger partial charge in [-0.3, -0.25) is 10.2 Å². The van der Waals surface area contributed by atoms with Crippen molar-refractivity contribution in [2.24, 2.45) is 4.99 Å². The minimum atomic E-state index is -0.902. The Balaban J connectivity index is 1.96. The molecule has 3 rings (SSSR count). The van der Waals surface area contributed by atoms with E-state index in [0.717, 1.165) is 22.4 Å². The largest absolute Gasteiger partial charge is 0.289 e. The molecule has 1 heterocycles. The van der Waals surface area contributed by atoms with Crippen LogP contribution in [0.3, 0.4) is 0 Å². The van der Waals surface area contributed by atoms with Gasteiger partial charge in [0.25, 0.3) is 5.91 Å². The number of nitrogens with zero attached hydrogens (tertiary/aromatic N) is 2.